The molecule has 1 amide bonds. The number of nitrogens with one attached hydrogen (secondary N) is 2. The minimum absolute atomic E-state index is 0.186. The standard InChI is InChI=1S/C10H12N6O3/c1-7-4-12-14-10(7)13-9(17)2-3-15-5-8(11-6-15)16(18)19/h4-6H,2-3H2,1H3,(H2,12,13,14,17). The summed E-state index contributed by atoms with van der Waals surface area (Å²) in [6, 6.07) is 0. The molecule has 0 aliphatic rings. The van der Waals surface area contributed by atoms with E-state index in [4.69, 9.17) is 0 Å². The van der Waals surface area contributed by atoms with Gasteiger partial charge < -0.3 is 20.0 Å². The molecule has 2 heterocycles. The summed E-state index contributed by atoms with van der Waals surface area (Å²) in [6.45, 7) is 2.14. The molecule has 0 fully saturated rings. The molecule has 19 heavy (non-hydrogen) atoms. The van der Waals surface area contributed by atoms with Crippen LogP contribution < -0.4 is 5.32 Å². The molecule has 0 aliphatic heterocycles. The van der Waals surface area contributed by atoms with Crippen LogP contribution >= 0.6 is 0 Å². The molecule has 0 saturated heterocycles. The van der Waals surface area contributed by atoms with E-state index in [0.717, 1.165) is 5.56 Å². The monoisotopic (exact) mass is 264 g/mol. The summed E-state index contributed by atoms with van der Waals surface area (Å²) in [5.74, 6) is 0.120. The van der Waals surface area contributed by atoms with Gasteiger partial charge >= 0.3 is 5.82 Å². The maximum absolute atomic E-state index is 11.7. The molecule has 0 aliphatic carbocycles. The smallest absolute Gasteiger partial charge is 0.358 e. The lowest BCUT2D eigenvalue weighted by Crippen LogP contribution is -2.14. The number of nitrogens with zero attached hydrogens (tertiary/aromatic N) is 4. The first-order valence-electron chi connectivity index (χ1n) is 5.52. The number of rotatable bonds is 5. The summed E-state index contributed by atoms with van der Waals surface area (Å²) in [7, 11) is 0. The predicted molar refractivity (Wildman–Crippen MR) is 65.5 cm³/mol. The third kappa shape index (κ3) is 3.15. The van der Waals surface area contributed by atoms with Crippen LogP contribution in [0.3, 0.4) is 0 Å². The number of H-pyrrole nitrogens is 1. The van der Waals surface area contributed by atoms with Gasteiger partial charge in [0.15, 0.2) is 0 Å². The Morgan fingerprint density at radius 1 is 1.63 bits per heavy atom. The Balaban J connectivity index is 1.86. The molecular weight excluding hydrogens is 252 g/mol. The van der Waals surface area contributed by atoms with Gasteiger partial charge in [0.25, 0.3) is 0 Å². The Morgan fingerprint density at radius 2 is 2.42 bits per heavy atom. The zero-order valence-corrected chi connectivity index (χ0v) is 10.2. The highest BCUT2D eigenvalue weighted by atomic mass is 16.6. The van der Waals surface area contributed by atoms with Crippen LogP contribution in [0.2, 0.25) is 0 Å². The van der Waals surface area contributed by atoms with E-state index in [9.17, 15) is 14.9 Å². The average molecular weight is 264 g/mol. The van der Waals surface area contributed by atoms with E-state index >= 15 is 0 Å². The van der Waals surface area contributed by atoms with E-state index in [-0.39, 0.29) is 18.1 Å². The van der Waals surface area contributed by atoms with E-state index in [1.54, 1.807) is 6.20 Å². The number of imidazole rings is 1. The van der Waals surface area contributed by atoms with Gasteiger partial charge in [-0.1, -0.05) is 0 Å². The molecular formula is C10H12N6O3. The number of nitro groups is 1. The second-order valence-corrected chi connectivity index (χ2v) is 3.95. The van der Waals surface area contributed by atoms with Gasteiger partial charge in [0.1, 0.15) is 12.0 Å². The molecule has 100 valence electrons. The Bertz CT molecular complexity index is 602. The van der Waals surface area contributed by atoms with Crippen LogP contribution in [0, 0.1) is 17.0 Å². The number of amides is 1. The molecule has 0 bridgehead atoms. The average Bonchev–Trinajstić information content (AvgIpc) is 2.97. The van der Waals surface area contributed by atoms with Crippen LogP contribution in [0.5, 0.6) is 0 Å². The molecule has 0 radical (unpaired) electrons. The highest BCUT2D eigenvalue weighted by Crippen LogP contribution is 2.09. The third-order valence-electron chi connectivity index (χ3n) is 2.50. The molecule has 2 aromatic rings. The Morgan fingerprint density at radius 3 is 3.00 bits per heavy atom. The first kappa shape index (κ1) is 12.7. The molecule has 0 unspecified atom stereocenters. The van der Waals surface area contributed by atoms with Crippen LogP contribution in [-0.2, 0) is 11.3 Å². The number of hydrogen-bond donors (Lipinski definition) is 2. The number of carbonyl (C=O) groups is 1. The van der Waals surface area contributed by atoms with E-state index in [1.807, 2.05) is 6.92 Å². The lowest BCUT2D eigenvalue weighted by atomic mass is 10.3. The van der Waals surface area contributed by atoms with Crippen LogP contribution in [0.25, 0.3) is 0 Å². The number of aromatic nitrogens is 4. The van der Waals surface area contributed by atoms with Crippen molar-refractivity contribution in [2.75, 3.05) is 5.32 Å². The van der Waals surface area contributed by atoms with Crippen LogP contribution in [0.4, 0.5) is 11.6 Å². The Labute approximate surface area is 107 Å². The second-order valence-electron chi connectivity index (χ2n) is 3.95. The number of carbonyl (C=O) groups excluding carboxylic acids is 1. The normalized spacial score (nSPS) is 10.4. The molecule has 9 nitrogen and oxygen atoms in total. The molecule has 0 atom stereocenters. The first-order valence-corrected chi connectivity index (χ1v) is 5.52. The SMILES string of the molecule is Cc1cn[nH]c1NC(=O)CCn1cnc([N+](=O)[O-])c1. The lowest BCUT2D eigenvalue weighted by Gasteiger charge is -2.03. The van der Waals surface area contributed by atoms with Crippen molar-refractivity contribution in [1.82, 2.24) is 19.7 Å². The first-order chi connectivity index (χ1) is 9.06. The fraction of sp³-hybridized carbons (Fsp3) is 0.300. The molecule has 9 heteroatoms. The van der Waals surface area contributed by atoms with Crippen molar-refractivity contribution in [3.05, 3.63) is 34.4 Å². The number of aryl methyl sites for hydroxylation is 2. The molecule has 2 N–H and O–H groups in total. The van der Waals surface area contributed by atoms with Crippen molar-refractivity contribution in [2.45, 2.75) is 19.9 Å². The topological polar surface area (TPSA) is 119 Å². The third-order valence-corrected chi connectivity index (χ3v) is 2.50. The minimum Gasteiger partial charge on any atom is -0.358 e. The Hall–Kier alpha value is -2.71. The molecule has 2 aromatic heterocycles. The number of aromatic amines is 1. The summed E-state index contributed by atoms with van der Waals surface area (Å²) in [6.07, 6.45) is 4.41. The number of anilines is 1. The van der Waals surface area contributed by atoms with Gasteiger partial charge in [-0.2, -0.15) is 5.10 Å². The summed E-state index contributed by atoms with van der Waals surface area (Å²) >= 11 is 0. The van der Waals surface area contributed by atoms with Crippen molar-refractivity contribution in [3.63, 3.8) is 0 Å². The van der Waals surface area contributed by atoms with Crippen molar-refractivity contribution in [1.29, 1.82) is 0 Å². The number of hydrogen-bond acceptors (Lipinski definition) is 5. The van der Waals surface area contributed by atoms with E-state index in [0.29, 0.717) is 12.4 Å². The fourth-order valence-corrected chi connectivity index (χ4v) is 1.47. The summed E-state index contributed by atoms with van der Waals surface area (Å²) in [4.78, 5) is 25.1. The van der Waals surface area contributed by atoms with Gasteiger partial charge in [-0.3, -0.25) is 9.89 Å². The van der Waals surface area contributed by atoms with Crippen molar-refractivity contribution in [2.24, 2.45) is 0 Å². The van der Waals surface area contributed by atoms with E-state index < -0.39 is 4.92 Å². The van der Waals surface area contributed by atoms with Gasteiger partial charge in [0.05, 0.1) is 6.20 Å². The zero-order chi connectivity index (χ0) is 13.8. The molecule has 2 rings (SSSR count). The lowest BCUT2D eigenvalue weighted by molar-refractivity contribution is -0.389. The van der Waals surface area contributed by atoms with Gasteiger partial charge in [-0.05, 0) is 16.8 Å². The van der Waals surface area contributed by atoms with Gasteiger partial charge in [0, 0.05) is 18.5 Å². The molecule has 0 spiro atoms. The van der Waals surface area contributed by atoms with Crippen LogP contribution in [-0.4, -0.2) is 30.6 Å². The van der Waals surface area contributed by atoms with Gasteiger partial charge in [-0.15, -0.1) is 0 Å². The van der Waals surface area contributed by atoms with Crippen molar-refractivity contribution in [3.8, 4) is 0 Å². The summed E-state index contributed by atoms with van der Waals surface area (Å²) in [5, 5.41) is 19.6. The largest absolute Gasteiger partial charge is 0.381 e. The fourth-order valence-electron chi connectivity index (χ4n) is 1.47. The van der Waals surface area contributed by atoms with E-state index in [1.165, 1.54) is 17.1 Å². The molecule has 0 aromatic carbocycles. The van der Waals surface area contributed by atoms with Gasteiger partial charge in [0.2, 0.25) is 12.2 Å². The maximum Gasteiger partial charge on any atom is 0.381 e. The van der Waals surface area contributed by atoms with Crippen molar-refractivity contribution < 1.29 is 9.72 Å². The Kier molecular flexibility index (Phi) is 3.55. The predicted octanol–water partition coefficient (Wildman–Crippen LogP) is 0.852. The van der Waals surface area contributed by atoms with E-state index in [2.05, 4.69) is 20.5 Å². The highest BCUT2D eigenvalue weighted by molar-refractivity contribution is 5.90. The van der Waals surface area contributed by atoms with Crippen LogP contribution in [0.1, 0.15) is 12.0 Å². The minimum atomic E-state index is -0.579. The zero-order valence-electron chi connectivity index (χ0n) is 10.2. The van der Waals surface area contributed by atoms with Crippen molar-refractivity contribution >= 4 is 17.5 Å². The summed E-state index contributed by atoms with van der Waals surface area (Å²) < 4.78 is 1.50. The maximum atomic E-state index is 11.7. The summed E-state index contributed by atoms with van der Waals surface area (Å²) in [5.41, 5.74) is 0.839. The molecule has 0 saturated carbocycles. The van der Waals surface area contributed by atoms with Crippen LogP contribution in [0.15, 0.2) is 18.7 Å². The quantitative estimate of drug-likeness (QED) is 0.613. The second kappa shape index (κ2) is 5.29. The van der Waals surface area contributed by atoms with Gasteiger partial charge in [-0.25, -0.2) is 0 Å². The highest BCUT2D eigenvalue weighted by Gasteiger charge is 2.11.